The Morgan fingerprint density at radius 2 is 1.92 bits per heavy atom. The molecule has 0 bridgehead atoms. The molecular formula is C20H21NO3. The number of H-pyrrole nitrogens is 1. The fraction of sp³-hybridized carbons (Fsp3) is 0.250. The van der Waals surface area contributed by atoms with Crippen molar-refractivity contribution < 1.29 is 14.6 Å². The molecule has 0 fully saturated rings. The molecule has 0 amide bonds. The maximum Gasteiger partial charge on any atom is 0.307 e. The third kappa shape index (κ3) is 2.75. The van der Waals surface area contributed by atoms with Crippen LogP contribution < -0.4 is 4.74 Å². The summed E-state index contributed by atoms with van der Waals surface area (Å²) in [6, 6.07) is 13.7. The van der Waals surface area contributed by atoms with Crippen LogP contribution in [-0.4, -0.2) is 23.2 Å². The van der Waals surface area contributed by atoms with Crippen molar-refractivity contribution in [1.82, 2.24) is 4.98 Å². The normalized spacial score (nSPS) is 11.2. The number of carbonyl (C=O) groups is 1. The maximum absolute atomic E-state index is 11.4. The lowest BCUT2D eigenvalue weighted by Crippen LogP contribution is -2.01. The second-order valence-electron chi connectivity index (χ2n) is 6.17. The van der Waals surface area contributed by atoms with E-state index in [9.17, 15) is 9.90 Å². The Bertz CT molecular complexity index is 893. The summed E-state index contributed by atoms with van der Waals surface area (Å²) < 4.78 is 5.47. The number of aromatic amines is 1. The summed E-state index contributed by atoms with van der Waals surface area (Å²) in [5, 5.41) is 10.3. The Balaban J connectivity index is 2.34. The molecule has 24 heavy (non-hydrogen) atoms. The molecule has 1 heterocycles. The van der Waals surface area contributed by atoms with E-state index in [0.717, 1.165) is 33.5 Å². The number of hydrogen-bond donors (Lipinski definition) is 2. The molecule has 0 saturated heterocycles. The van der Waals surface area contributed by atoms with E-state index in [1.54, 1.807) is 7.11 Å². The van der Waals surface area contributed by atoms with Gasteiger partial charge in [0, 0.05) is 16.5 Å². The van der Waals surface area contributed by atoms with Crippen LogP contribution >= 0.6 is 0 Å². The Hall–Kier alpha value is -2.75. The first kappa shape index (κ1) is 16.1. The molecule has 2 N–H and O–H groups in total. The fourth-order valence-corrected chi connectivity index (χ4v) is 3.19. The quantitative estimate of drug-likeness (QED) is 0.721. The van der Waals surface area contributed by atoms with Crippen LogP contribution in [-0.2, 0) is 11.2 Å². The minimum Gasteiger partial charge on any atom is -0.496 e. The summed E-state index contributed by atoms with van der Waals surface area (Å²) in [7, 11) is 1.62. The van der Waals surface area contributed by atoms with E-state index < -0.39 is 5.97 Å². The second kappa shape index (κ2) is 6.40. The first-order valence-corrected chi connectivity index (χ1v) is 8.01. The van der Waals surface area contributed by atoms with Crippen molar-refractivity contribution in [1.29, 1.82) is 0 Å². The van der Waals surface area contributed by atoms with Gasteiger partial charge in [-0.15, -0.1) is 0 Å². The van der Waals surface area contributed by atoms with E-state index >= 15 is 0 Å². The topological polar surface area (TPSA) is 62.3 Å². The van der Waals surface area contributed by atoms with Crippen molar-refractivity contribution in [2.24, 2.45) is 0 Å². The molecule has 0 radical (unpaired) electrons. The first-order chi connectivity index (χ1) is 11.5. The number of para-hydroxylation sites is 2. The zero-order chi connectivity index (χ0) is 17.3. The molecule has 0 saturated carbocycles. The number of aliphatic carboxylic acids is 1. The van der Waals surface area contributed by atoms with Gasteiger partial charge in [-0.2, -0.15) is 0 Å². The Labute approximate surface area is 141 Å². The number of carboxylic acids is 1. The Morgan fingerprint density at radius 3 is 2.58 bits per heavy atom. The van der Waals surface area contributed by atoms with Crippen LogP contribution in [0.3, 0.4) is 0 Å². The number of benzene rings is 2. The Kier molecular flexibility index (Phi) is 4.30. The third-order valence-electron chi connectivity index (χ3n) is 4.30. The van der Waals surface area contributed by atoms with Crippen molar-refractivity contribution in [3.05, 3.63) is 53.6 Å². The lowest BCUT2D eigenvalue weighted by Gasteiger charge is -2.08. The third-order valence-corrected chi connectivity index (χ3v) is 4.30. The highest BCUT2D eigenvalue weighted by molar-refractivity contribution is 5.96. The zero-order valence-corrected chi connectivity index (χ0v) is 14.1. The zero-order valence-electron chi connectivity index (χ0n) is 14.1. The molecule has 4 heteroatoms. The van der Waals surface area contributed by atoms with Crippen LogP contribution in [0.5, 0.6) is 5.75 Å². The van der Waals surface area contributed by atoms with Gasteiger partial charge in [-0.3, -0.25) is 4.79 Å². The highest BCUT2D eigenvalue weighted by Gasteiger charge is 2.20. The van der Waals surface area contributed by atoms with Crippen LogP contribution in [0.25, 0.3) is 22.2 Å². The SMILES string of the molecule is COc1ccccc1-c1[nH]c2c(C(C)C)cccc2c1CC(=O)O. The van der Waals surface area contributed by atoms with Crippen LogP contribution in [0.15, 0.2) is 42.5 Å². The van der Waals surface area contributed by atoms with Crippen LogP contribution in [0.1, 0.15) is 30.9 Å². The van der Waals surface area contributed by atoms with Gasteiger partial charge in [0.05, 0.1) is 19.2 Å². The maximum atomic E-state index is 11.4. The standard InChI is InChI=1S/C20H21NO3/c1-12(2)13-8-6-9-14-16(11-18(22)23)20(21-19(13)14)15-7-4-5-10-17(15)24-3/h4-10,12,21H,11H2,1-3H3,(H,22,23). The summed E-state index contributed by atoms with van der Waals surface area (Å²) in [4.78, 5) is 14.9. The van der Waals surface area contributed by atoms with Gasteiger partial charge >= 0.3 is 5.97 Å². The molecule has 0 aliphatic heterocycles. The number of nitrogens with one attached hydrogen (secondary N) is 1. The van der Waals surface area contributed by atoms with Crippen molar-refractivity contribution in [3.63, 3.8) is 0 Å². The molecule has 0 unspecified atom stereocenters. The fourth-order valence-electron chi connectivity index (χ4n) is 3.19. The van der Waals surface area contributed by atoms with Crippen molar-refractivity contribution in [2.75, 3.05) is 7.11 Å². The molecule has 3 rings (SSSR count). The van der Waals surface area contributed by atoms with Gasteiger partial charge in [-0.05, 0) is 29.2 Å². The van der Waals surface area contributed by atoms with Crippen LogP contribution in [0.4, 0.5) is 0 Å². The van der Waals surface area contributed by atoms with Crippen molar-refractivity contribution in [2.45, 2.75) is 26.2 Å². The molecule has 0 aliphatic carbocycles. The van der Waals surface area contributed by atoms with Crippen molar-refractivity contribution >= 4 is 16.9 Å². The monoisotopic (exact) mass is 323 g/mol. The second-order valence-corrected chi connectivity index (χ2v) is 6.17. The Morgan fingerprint density at radius 1 is 1.17 bits per heavy atom. The van der Waals surface area contributed by atoms with Gasteiger partial charge in [-0.25, -0.2) is 0 Å². The smallest absolute Gasteiger partial charge is 0.307 e. The van der Waals surface area contributed by atoms with Gasteiger partial charge in [0.25, 0.3) is 0 Å². The predicted octanol–water partition coefficient (Wildman–Crippen LogP) is 4.59. The molecule has 0 atom stereocenters. The molecule has 2 aromatic carbocycles. The number of carboxylic acid groups (broad SMARTS) is 1. The van der Waals surface area contributed by atoms with Gasteiger partial charge in [0.15, 0.2) is 0 Å². The minimum atomic E-state index is -0.845. The molecule has 0 aliphatic rings. The summed E-state index contributed by atoms with van der Waals surface area (Å²) in [6.45, 7) is 4.27. The van der Waals surface area contributed by atoms with E-state index in [1.807, 2.05) is 36.4 Å². The van der Waals surface area contributed by atoms with Gasteiger partial charge in [-0.1, -0.05) is 44.2 Å². The number of fused-ring (bicyclic) bond motifs is 1. The molecule has 4 nitrogen and oxygen atoms in total. The highest BCUT2D eigenvalue weighted by atomic mass is 16.5. The molecule has 3 aromatic rings. The van der Waals surface area contributed by atoms with E-state index in [0.29, 0.717) is 5.92 Å². The number of aromatic nitrogens is 1. The van der Waals surface area contributed by atoms with E-state index in [1.165, 1.54) is 5.56 Å². The number of methoxy groups -OCH3 is 1. The van der Waals surface area contributed by atoms with E-state index in [-0.39, 0.29) is 6.42 Å². The predicted molar refractivity (Wildman–Crippen MR) is 95.7 cm³/mol. The van der Waals surface area contributed by atoms with E-state index in [4.69, 9.17) is 4.74 Å². The first-order valence-electron chi connectivity index (χ1n) is 8.01. The summed E-state index contributed by atoms with van der Waals surface area (Å²) in [5.41, 5.74) is 4.68. The van der Waals surface area contributed by atoms with Crippen LogP contribution in [0, 0.1) is 0 Å². The van der Waals surface area contributed by atoms with Gasteiger partial charge in [0.1, 0.15) is 5.75 Å². The largest absolute Gasteiger partial charge is 0.496 e. The molecular weight excluding hydrogens is 302 g/mol. The number of hydrogen-bond acceptors (Lipinski definition) is 2. The van der Waals surface area contributed by atoms with Gasteiger partial charge in [0.2, 0.25) is 0 Å². The lowest BCUT2D eigenvalue weighted by atomic mass is 9.97. The lowest BCUT2D eigenvalue weighted by molar-refractivity contribution is -0.136. The molecule has 1 aromatic heterocycles. The average Bonchev–Trinajstić information content (AvgIpc) is 2.92. The van der Waals surface area contributed by atoms with Gasteiger partial charge < -0.3 is 14.8 Å². The van der Waals surface area contributed by atoms with Crippen molar-refractivity contribution in [3.8, 4) is 17.0 Å². The highest BCUT2D eigenvalue weighted by Crippen LogP contribution is 2.38. The average molecular weight is 323 g/mol. The number of rotatable bonds is 5. The van der Waals surface area contributed by atoms with E-state index in [2.05, 4.69) is 24.9 Å². The summed E-state index contributed by atoms with van der Waals surface area (Å²) >= 11 is 0. The molecule has 0 spiro atoms. The summed E-state index contributed by atoms with van der Waals surface area (Å²) in [5.74, 6) is 0.222. The molecule has 124 valence electrons. The minimum absolute atomic E-state index is 0.0328. The summed E-state index contributed by atoms with van der Waals surface area (Å²) in [6.07, 6.45) is -0.0328. The van der Waals surface area contributed by atoms with Crippen LogP contribution in [0.2, 0.25) is 0 Å². The number of ether oxygens (including phenoxy) is 1.